The van der Waals surface area contributed by atoms with E-state index < -0.39 is 0 Å². The Hall–Kier alpha value is -1.13. The Morgan fingerprint density at radius 3 is 2.71 bits per heavy atom. The van der Waals surface area contributed by atoms with Gasteiger partial charge in [0, 0.05) is 6.42 Å². The molecule has 1 aromatic rings. The largest absolute Gasteiger partial charge is 0.496 e. The molecule has 14 heavy (non-hydrogen) atoms. The molecule has 0 unspecified atom stereocenters. The molecule has 78 valence electrons. The zero-order valence-electron chi connectivity index (χ0n) is 8.34. The summed E-state index contributed by atoms with van der Waals surface area (Å²) < 4.78 is 18.4. The first-order valence-corrected chi connectivity index (χ1v) is 4.33. The molecule has 4 heteroatoms. The highest BCUT2D eigenvalue weighted by molar-refractivity contribution is 5.37. The average molecular weight is 199 g/mol. The summed E-state index contributed by atoms with van der Waals surface area (Å²) in [5.74, 6) is 5.30. The van der Waals surface area contributed by atoms with Crippen LogP contribution in [0.15, 0.2) is 12.1 Å². The lowest BCUT2D eigenvalue weighted by Gasteiger charge is -2.08. The summed E-state index contributed by atoms with van der Waals surface area (Å²) in [4.78, 5) is 4.40. The Bertz CT molecular complexity index is 315. The minimum Gasteiger partial charge on any atom is -0.496 e. The van der Waals surface area contributed by atoms with Crippen molar-refractivity contribution < 1.29 is 14.0 Å². The molecule has 0 saturated carbocycles. The second kappa shape index (κ2) is 4.93. The summed E-state index contributed by atoms with van der Waals surface area (Å²) in [7, 11) is 1.56. The van der Waals surface area contributed by atoms with Crippen molar-refractivity contribution in [2.75, 3.05) is 13.7 Å². The van der Waals surface area contributed by atoms with Gasteiger partial charge in [0.05, 0.1) is 13.7 Å². The topological polar surface area (TPSA) is 44.5 Å². The first-order valence-electron chi connectivity index (χ1n) is 4.33. The number of methoxy groups -OCH3 is 1. The van der Waals surface area contributed by atoms with Gasteiger partial charge < -0.3 is 9.57 Å². The number of hydrogen-bond donors (Lipinski definition) is 1. The lowest BCUT2D eigenvalue weighted by Crippen LogP contribution is -2.05. The predicted octanol–water partition coefficient (Wildman–Crippen LogP) is 1.58. The summed E-state index contributed by atoms with van der Waals surface area (Å²) >= 11 is 0. The minimum atomic E-state index is -0.250. The van der Waals surface area contributed by atoms with Crippen molar-refractivity contribution in [2.45, 2.75) is 13.3 Å². The van der Waals surface area contributed by atoms with Crippen LogP contribution >= 0.6 is 0 Å². The van der Waals surface area contributed by atoms with Crippen molar-refractivity contribution in [1.29, 1.82) is 0 Å². The molecule has 0 radical (unpaired) electrons. The van der Waals surface area contributed by atoms with Gasteiger partial charge in [0.15, 0.2) is 0 Å². The monoisotopic (exact) mass is 199 g/mol. The molecule has 0 bridgehead atoms. The number of nitrogens with two attached hydrogens (primary N) is 1. The first kappa shape index (κ1) is 10.9. The van der Waals surface area contributed by atoms with E-state index in [1.807, 2.05) is 0 Å². The third-order valence-corrected chi connectivity index (χ3v) is 2.05. The summed E-state index contributed by atoms with van der Waals surface area (Å²) in [5.41, 5.74) is 1.33. The molecule has 1 rings (SSSR count). The van der Waals surface area contributed by atoms with Crippen LogP contribution in [0.1, 0.15) is 11.1 Å². The number of benzene rings is 1. The van der Waals surface area contributed by atoms with Crippen LogP contribution in [-0.4, -0.2) is 13.7 Å². The van der Waals surface area contributed by atoms with Gasteiger partial charge in [-0.25, -0.2) is 10.3 Å². The van der Waals surface area contributed by atoms with Gasteiger partial charge in [0.25, 0.3) is 0 Å². The smallest absolute Gasteiger partial charge is 0.127 e. The maximum atomic E-state index is 13.3. The Morgan fingerprint density at radius 1 is 1.43 bits per heavy atom. The SMILES string of the molecule is COc1cc(CCON)c(F)cc1C. The predicted molar refractivity (Wildman–Crippen MR) is 51.5 cm³/mol. The van der Waals surface area contributed by atoms with Gasteiger partial charge in [-0.1, -0.05) is 0 Å². The van der Waals surface area contributed by atoms with E-state index in [4.69, 9.17) is 10.6 Å². The molecule has 0 amide bonds. The molecule has 0 aliphatic carbocycles. The average Bonchev–Trinajstić information content (AvgIpc) is 2.17. The van der Waals surface area contributed by atoms with E-state index in [-0.39, 0.29) is 5.82 Å². The van der Waals surface area contributed by atoms with Crippen LogP contribution in [0.2, 0.25) is 0 Å². The fourth-order valence-corrected chi connectivity index (χ4v) is 1.28. The number of aryl methyl sites for hydroxylation is 1. The van der Waals surface area contributed by atoms with E-state index in [0.717, 1.165) is 5.56 Å². The van der Waals surface area contributed by atoms with E-state index in [9.17, 15) is 4.39 Å². The fraction of sp³-hybridized carbons (Fsp3) is 0.400. The summed E-state index contributed by atoms with van der Waals surface area (Å²) in [6, 6.07) is 3.12. The Morgan fingerprint density at radius 2 is 2.14 bits per heavy atom. The quantitative estimate of drug-likeness (QED) is 0.749. The molecule has 3 nitrogen and oxygen atoms in total. The standard InChI is InChI=1S/C10H14FNO2/c1-7-5-9(11)8(3-4-14-12)6-10(7)13-2/h5-6H,3-4,12H2,1-2H3. The molecule has 0 heterocycles. The second-order valence-electron chi connectivity index (χ2n) is 3.03. The number of halogens is 1. The van der Waals surface area contributed by atoms with Gasteiger partial charge in [0.1, 0.15) is 11.6 Å². The lowest BCUT2D eigenvalue weighted by molar-refractivity contribution is 0.140. The molecule has 0 atom stereocenters. The molecule has 0 aliphatic rings. The molecule has 0 spiro atoms. The third-order valence-electron chi connectivity index (χ3n) is 2.05. The third kappa shape index (κ3) is 2.43. The highest BCUT2D eigenvalue weighted by Gasteiger charge is 2.07. The normalized spacial score (nSPS) is 10.3. The van der Waals surface area contributed by atoms with Crippen molar-refractivity contribution in [3.05, 3.63) is 29.1 Å². The molecular weight excluding hydrogens is 185 g/mol. The van der Waals surface area contributed by atoms with E-state index in [0.29, 0.717) is 24.3 Å². The van der Waals surface area contributed by atoms with Crippen LogP contribution in [0.25, 0.3) is 0 Å². The maximum Gasteiger partial charge on any atom is 0.127 e. The van der Waals surface area contributed by atoms with Crippen molar-refractivity contribution in [3.8, 4) is 5.75 Å². The van der Waals surface area contributed by atoms with Gasteiger partial charge in [-0.05, 0) is 30.2 Å². The number of rotatable bonds is 4. The summed E-state index contributed by atoms with van der Waals surface area (Å²) in [5, 5.41) is 0. The van der Waals surface area contributed by atoms with E-state index in [1.54, 1.807) is 20.1 Å². The van der Waals surface area contributed by atoms with Gasteiger partial charge in [-0.2, -0.15) is 0 Å². The summed E-state index contributed by atoms with van der Waals surface area (Å²) in [6.07, 6.45) is 0.443. The number of ether oxygens (including phenoxy) is 1. The highest BCUT2D eigenvalue weighted by Crippen LogP contribution is 2.22. The second-order valence-corrected chi connectivity index (χ2v) is 3.03. The van der Waals surface area contributed by atoms with Crippen LogP contribution < -0.4 is 10.6 Å². The van der Waals surface area contributed by atoms with E-state index in [2.05, 4.69) is 4.84 Å². The fourth-order valence-electron chi connectivity index (χ4n) is 1.28. The van der Waals surface area contributed by atoms with Crippen molar-refractivity contribution in [2.24, 2.45) is 5.90 Å². The summed E-state index contributed by atoms with van der Waals surface area (Å²) in [6.45, 7) is 2.09. The molecule has 0 aliphatic heterocycles. The zero-order valence-corrected chi connectivity index (χ0v) is 8.34. The maximum absolute atomic E-state index is 13.3. The van der Waals surface area contributed by atoms with Crippen LogP contribution in [0.5, 0.6) is 5.75 Å². The minimum absolute atomic E-state index is 0.250. The van der Waals surface area contributed by atoms with E-state index >= 15 is 0 Å². The number of hydrogen-bond acceptors (Lipinski definition) is 3. The Kier molecular flexibility index (Phi) is 3.85. The van der Waals surface area contributed by atoms with Crippen LogP contribution in [0, 0.1) is 12.7 Å². The molecular formula is C10H14FNO2. The van der Waals surface area contributed by atoms with Crippen molar-refractivity contribution >= 4 is 0 Å². The molecule has 1 aromatic carbocycles. The van der Waals surface area contributed by atoms with Gasteiger partial charge >= 0.3 is 0 Å². The van der Waals surface area contributed by atoms with Crippen LogP contribution in [-0.2, 0) is 11.3 Å². The lowest BCUT2D eigenvalue weighted by atomic mass is 10.1. The zero-order chi connectivity index (χ0) is 10.6. The first-order chi connectivity index (χ1) is 6.69. The molecule has 0 aromatic heterocycles. The molecule has 0 saturated heterocycles. The van der Waals surface area contributed by atoms with E-state index in [1.165, 1.54) is 6.07 Å². The van der Waals surface area contributed by atoms with Crippen LogP contribution in [0.3, 0.4) is 0 Å². The Balaban J connectivity index is 2.92. The van der Waals surface area contributed by atoms with Gasteiger partial charge in [-0.3, -0.25) is 0 Å². The highest BCUT2D eigenvalue weighted by atomic mass is 19.1. The van der Waals surface area contributed by atoms with Gasteiger partial charge in [0.2, 0.25) is 0 Å². The van der Waals surface area contributed by atoms with Crippen molar-refractivity contribution in [3.63, 3.8) is 0 Å². The van der Waals surface area contributed by atoms with Crippen molar-refractivity contribution in [1.82, 2.24) is 0 Å². The van der Waals surface area contributed by atoms with Gasteiger partial charge in [-0.15, -0.1) is 0 Å². The Labute approximate surface area is 82.6 Å². The molecule has 0 fully saturated rings. The molecule has 2 N–H and O–H groups in total. The van der Waals surface area contributed by atoms with Crippen LogP contribution in [0.4, 0.5) is 4.39 Å².